The molecule has 2 heterocycles. The lowest BCUT2D eigenvalue weighted by Gasteiger charge is -2.14. The molecule has 0 saturated carbocycles. The molecule has 2 aromatic heterocycles. The summed E-state index contributed by atoms with van der Waals surface area (Å²) in [6, 6.07) is 36.5. The van der Waals surface area contributed by atoms with E-state index in [0.29, 0.717) is 0 Å². The fraction of sp³-hybridized carbons (Fsp3) is 0.0968. The highest BCUT2D eigenvalue weighted by Crippen LogP contribution is 2.37. The number of benzene rings is 3. The second-order valence-electron chi connectivity index (χ2n) is 8.21. The van der Waals surface area contributed by atoms with Gasteiger partial charge in [-0.25, -0.2) is 0 Å². The summed E-state index contributed by atoms with van der Waals surface area (Å²) in [7, 11) is 0. The van der Waals surface area contributed by atoms with Crippen LogP contribution >= 0.6 is 0 Å². The average Bonchev–Trinajstić information content (AvgIpc) is 2.89. The van der Waals surface area contributed by atoms with E-state index in [0.717, 1.165) is 17.8 Å². The minimum Gasteiger partial charge on any atom is -0.256 e. The summed E-state index contributed by atoms with van der Waals surface area (Å²) in [5.74, 6) is 0. The molecule has 3 aromatic carbocycles. The first-order chi connectivity index (χ1) is 16.3. The molecule has 2 nitrogen and oxygen atoms in total. The van der Waals surface area contributed by atoms with Crippen LogP contribution in [0.4, 0.5) is 0 Å². The van der Waals surface area contributed by atoms with Gasteiger partial charge in [-0.15, -0.1) is 0 Å². The van der Waals surface area contributed by atoms with Gasteiger partial charge in [0.15, 0.2) is 6.20 Å². The molecule has 5 aromatic rings. The summed E-state index contributed by atoms with van der Waals surface area (Å²) in [6.07, 6.45) is 4.06. The Morgan fingerprint density at radius 3 is 1.91 bits per heavy atom. The topological polar surface area (TPSA) is 16.8 Å². The lowest BCUT2D eigenvalue weighted by Crippen LogP contribution is -2.34. The highest BCUT2D eigenvalue weighted by Gasteiger charge is 2.20. The third-order valence-electron chi connectivity index (χ3n) is 6.19. The maximum absolute atomic E-state index is 4.63. The minimum absolute atomic E-state index is 0.902. The molecule has 0 aliphatic rings. The van der Waals surface area contributed by atoms with E-state index < -0.39 is 0 Å². The second kappa shape index (κ2) is 9.22. The predicted octanol–water partition coefficient (Wildman–Crippen LogP) is 7.37. The van der Waals surface area contributed by atoms with Crippen LogP contribution in [0.5, 0.6) is 0 Å². The lowest BCUT2D eigenvalue weighted by atomic mass is 9.91. The standard InChI is InChI=1S/C31H27N2/c1-3-33-21-19-24(25-13-5-4-12-23(25)2)22-31(33)29-17-9-7-15-27(29)26-14-6-8-16-28(26)30-18-10-11-20-32-30/h4-22H,3H2,1-2H3/q+1. The molecule has 0 aliphatic carbocycles. The van der Waals surface area contributed by atoms with Gasteiger partial charge in [0.25, 0.3) is 0 Å². The highest BCUT2D eigenvalue weighted by atomic mass is 14.9. The van der Waals surface area contributed by atoms with Crippen molar-refractivity contribution in [2.24, 2.45) is 0 Å². The van der Waals surface area contributed by atoms with Gasteiger partial charge in [-0.05, 0) is 59.9 Å². The van der Waals surface area contributed by atoms with Crippen LogP contribution in [0.3, 0.4) is 0 Å². The van der Waals surface area contributed by atoms with E-state index in [-0.39, 0.29) is 0 Å². The molecular weight excluding hydrogens is 400 g/mol. The van der Waals surface area contributed by atoms with E-state index in [1.165, 1.54) is 39.1 Å². The number of rotatable bonds is 5. The Morgan fingerprint density at radius 2 is 1.24 bits per heavy atom. The molecule has 5 rings (SSSR count). The number of pyridine rings is 2. The van der Waals surface area contributed by atoms with Gasteiger partial charge in [0.2, 0.25) is 5.69 Å². The van der Waals surface area contributed by atoms with Crippen molar-refractivity contribution in [3.8, 4) is 44.8 Å². The fourth-order valence-corrected chi connectivity index (χ4v) is 4.51. The van der Waals surface area contributed by atoms with E-state index in [4.69, 9.17) is 0 Å². The zero-order chi connectivity index (χ0) is 22.6. The van der Waals surface area contributed by atoms with E-state index in [9.17, 15) is 0 Å². The molecule has 0 atom stereocenters. The van der Waals surface area contributed by atoms with Gasteiger partial charge < -0.3 is 0 Å². The van der Waals surface area contributed by atoms with E-state index in [2.05, 4.69) is 121 Å². The first-order valence-corrected chi connectivity index (χ1v) is 11.5. The zero-order valence-electron chi connectivity index (χ0n) is 19.1. The number of aryl methyl sites for hydroxylation is 2. The molecule has 2 heteroatoms. The second-order valence-corrected chi connectivity index (χ2v) is 8.21. The molecular formula is C31H27N2+. The van der Waals surface area contributed by atoms with Gasteiger partial charge in [0.05, 0.1) is 11.3 Å². The molecule has 0 spiro atoms. The van der Waals surface area contributed by atoms with Gasteiger partial charge in [-0.1, -0.05) is 72.8 Å². The number of hydrogen-bond acceptors (Lipinski definition) is 1. The van der Waals surface area contributed by atoms with Gasteiger partial charge in [-0.2, -0.15) is 4.57 Å². The summed E-state index contributed by atoms with van der Waals surface area (Å²) in [5, 5.41) is 0. The van der Waals surface area contributed by atoms with Crippen LogP contribution in [0, 0.1) is 6.92 Å². The molecule has 0 unspecified atom stereocenters. The molecule has 0 radical (unpaired) electrons. The number of aromatic nitrogens is 2. The summed E-state index contributed by atoms with van der Waals surface area (Å²) < 4.78 is 2.32. The van der Waals surface area contributed by atoms with Crippen molar-refractivity contribution < 1.29 is 4.57 Å². The van der Waals surface area contributed by atoms with Crippen LogP contribution in [0.1, 0.15) is 12.5 Å². The molecule has 0 fully saturated rings. The van der Waals surface area contributed by atoms with E-state index >= 15 is 0 Å². The van der Waals surface area contributed by atoms with Crippen molar-refractivity contribution in [3.63, 3.8) is 0 Å². The SMILES string of the molecule is CC[n+]1ccc(-c2ccccc2C)cc1-c1ccccc1-c1ccccc1-c1ccccn1. The largest absolute Gasteiger partial charge is 0.256 e. The molecule has 0 bridgehead atoms. The molecule has 0 saturated heterocycles. The predicted molar refractivity (Wildman–Crippen MR) is 137 cm³/mol. The van der Waals surface area contributed by atoms with Gasteiger partial charge in [-0.3, -0.25) is 4.98 Å². The monoisotopic (exact) mass is 427 g/mol. The molecule has 0 N–H and O–H groups in total. The Labute approximate surface area is 195 Å². The van der Waals surface area contributed by atoms with Crippen LogP contribution < -0.4 is 4.57 Å². The first kappa shape index (κ1) is 20.8. The van der Waals surface area contributed by atoms with Crippen LogP contribution in [0.25, 0.3) is 44.8 Å². The molecule has 0 aliphatic heterocycles. The quantitative estimate of drug-likeness (QED) is 0.268. The van der Waals surface area contributed by atoms with Crippen molar-refractivity contribution in [1.82, 2.24) is 4.98 Å². The van der Waals surface area contributed by atoms with Crippen molar-refractivity contribution in [3.05, 3.63) is 121 Å². The third-order valence-corrected chi connectivity index (χ3v) is 6.19. The Hall–Kier alpha value is -4.04. The van der Waals surface area contributed by atoms with Crippen molar-refractivity contribution >= 4 is 0 Å². The Bertz CT molecular complexity index is 1400. The molecule has 0 amide bonds. The smallest absolute Gasteiger partial charge is 0.213 e. The average molecular weight is 428 g/mol. The Morgan fingerprint density at radius 1 is 0.636 bits per heavy atom. The van der Waals surface area contributed by atoms with E-state index in [1.807, 2.05) is 18.3 Å². The van der Waals surface area contributed by atoms with Gasteiger partial charge in [0.1, 0.15) is 6.54 Å². The van der Waals surface area contributed by atoms with Crippen LogP contribution in [0.2, 0.25) is 0 Å². The Kier molecular flexibility index (Phi) is 5.82. The normalized spacial score (nSPS) is 10.8. The molecule has 33 heavy (non-hydrogen) atoms. The minimum atomic E-state index is 0.902. The maximum Gasteiger partial charge on any atom is 0.213 e. The van der Waals surface area contributed by atoms with E-state index in [1.54, 1.807) is 0 Å². The third kappa shape index (κ3) is 4.08. The molecule has 160 valence electrons. The number of nitrogens with zero attached hydrogens (tertiary/aromatic N) is 2. The van der Waals surface area contributed by atoms with Gasteiger partial charge >= 0.3 is 0 Å². The summed E-state index contributed by atoms with van der Waals surface area (Å²) in [4.78, 5) is 4.63. The van der Waals surface area contributed by atoms with Crippen molar-refractivity contribution in [1.29, 1.82) is 0 Å². The highest BCUT2D eigenvalue weighted by molar-refractivity contribution is 5.90. The summed E-state index contributed by atoms with van der Waals surface area (Å²) >= 11 is 0. The maximum atomic E-state index is 4.63. The fourth-order valence-electron chi connectivity index (χ4n) is 4.51. The van der Waals surface area contributed by atoms with Crippen LogP contribution in [-0.4, -0.2) is 4.98 Å². The Balaban J connectivity index is 1.72. The summed E-state index contributed by atoms with van der Waals surface area (Å²) in [5.41, 5.74) is 10.8. The van der Waals surface area contributed by atoms with Gasteiger partial charge in [0, 0.05) is 23.9 Å². The van der Waals surface area contributed by atoms with Crippen LogP contribution in [-0.2, 0) is 6.54 Å². The van der Waals surface area contributed by atoms with Crippen molar-refractivity contribution in [2.45, 2.75) is 20.4 Å². The summed E-state index contributed by atoms with van der Waals surface area (Å²) in [6.45, 7) is 5.27. The zero-order valence-corrected chi connectivity index (χ0v) is 19.1. The number of hydrogen-bond donors (Lipinski definition) is 0. The lowest BCUT2D eigenvalue weighted by molar-refractivity contribution is -0.682. The first-order valence-electron chi connectivity index (χ1n) is 11.5. The van der Waals surface area contributed by atoms with Crippen molar-refractivity contribution in [2.75, 3.05) is 0 Å². The van der Waals surface area contributed by atoms with Crippen LogP contribution in [0.15, 0.2) is 116 Å².